The van der Waals surface area contributed by atoms with Crippen molar-refractivity contribution >= 4 is 11.8 Å². The largest absolute Gasteiger partial charge is 0.394 e. The number of nitrogens with one attached hydrogen (secondary N) is 2. The Labute approximate surface area is 599 Å². The van der Waals surface area contributed by atoms with Crippen molar-refractivity contribution in [2.24, 2.45) is 0 Å². The van der Waals surface area contributed by atoms with E-state index in [-0.39, 0.29) is 0 Å². The highest BCUT2D eigenvalue weighted by Gasteiger charge is 2.60. The molecule has 0 aromatic heterocycles. The molecule has 0 aliphatic carbocycles. The monoisotopic (exact) mass is 1560 g/mol. The summed E-state index contributed by atoms with van der Waals surface area (Å²) in [5, 5.41) is 312. The minimum absolute atomic E-state index is 0.809. The molecule has 8 heterocycles. The topological polar surface area (TPSA) is 772 Å². The second kappa shape index (κ2) is 39.3. The first-order valence-corrected chi connectivity index (χ1v) is 33.6. The molecule has 8 rings (SSSR count). The van der Waals surface area contributed by atoms with Gasteiger partial charge < -0.3 is 229 Å². The molecule has 8 fully saturated rings. The molecule has 48 heteroatoms. The Hall–Kier alpha value is -2.82. The smallest absolute Gasteiger partial charge is 0.217 e. The van der Waals surface area contributed by atoms with Gasteiger partial charge in [0.05, 0.1) is 72.1 Å². The van der Waals surface area contributed by atoms with E-state index in [9.17, 15) is 153 Å². The summed E-state index contributed by atoms with van der Waals surface area (Å²) < 4.78 is 93.6. The third kappa shape index (κ3) is 19.7. The van der Waals surface area contributed by atoms with Crippen LogP contribution in [-0.2, 0) is 85.4 Å². The molecule has 48 nitrogen and oxygen atoms in total. The molecule has 618 valence electrons. The van der Waals surface area contributed by atoms with Crippen molar-refractivity contribution in [2.75, 3.05) is 66.1 Å². The normalized spacial score (nSPS) is 48.0. The summed E-state index contributed by atoms with van der Waals surface area (Å²) in [6.07, 6.45) is -91.5. The van der Waals surface area contributed by atoms with E-state index < -0.39 is 348 Å². The lowest BCUT2D eigenvalue weighted by molar-refractivity contribution is -0.415. The fourth-order valence-corrected chi connectivity index (χ4v) is 13.1. The zero-order chi connectivity index (χ0) is 78.4. The molecule has 2 amide bonds. The van der Waals surface area contributed by atoms with Gasteiger partial charge in [-0.1, -0.05) is 0 Å². The van der Waals surface area contributed by atoms with E-state index in [2.05, 4.69) is 10.6 Å². The maximum Gasteiger partial charge on any atom is 0.217 e. The minimum atomic E-state index is -2.62. The highest BCUT2D eigenvalue weighted by molar-refractivity contribution is 5.73. The van der Waals surface area contributed by atoms with Crippen LogP contribution in [0.4, 0.5) is 0 Å². The third-order valence-corrected chi connectivity index (χ3v) is 19.2. The number of rotatable bonds is 31. The summed E-state index contributed by atoms with van der Waals surface area (Å²) in [5.74, 6) is -1.79. The van der Waals surface area contributed by atoms with Gasteiger partial charge in [-0.25, -0.2) is 0 Å². The van der Waals surface area contributed by atoms with Gasteiger partial charge in [0.2, 0.25) is 11.8 Å². The predicted octanol–water partition coefficient (Wildman–Crippen LogP) is -20.7. The molecule has 0 bridgehead atoms. The zero-order valence-electron chi connectivity index (χ0n) is 56.3. The van der Waals surface area contributed by atoms with Crippen LogP contribution in [-0.4, -0.2) is 491 Å². The summed E-state index contributed by atoms with van der Waals surface area (Å²) in [6.45, 7) is -9.10. The van der Waals surface area contributed by atoms with Gasteiger partial charge in [-0.2, -0.15) is 0 Å². The lowest BCUT2D eigenvalue weighted by Crippen LogP contribution is -2.70. The van der Waals surface area contributed by atoms with E-state index in [0.717, 1.165) is 13.8 Å². The van der Waals surface area contributed by atoms with Gasteiger partial charge >= 0.3 is 0 Å². The fraction of sp³-hybridized carbons (Fsp3) is 0.966. The molecule has 30 N–H and O–H groups in total. The van der Waals surface area contributed by atoms with Crippen LogP contribution >= 0.6 is 0 Å². The first-order chi connectivity index (χ1) is 50.1. The molecular formula is C58H100N2O46. The first-order valence-electron chi connectivity index (χ1n) is 33.6. The van der Waals surface area contributed by atoms with Gasteiger partial charge in [0.15, 0.2) is 50.3 Å². The highest BCUT2D eigenvalue weighted by atomic mass is 16.8. The number of hydrogen-bond donors (Lipinski definition) is 30. The van der Waals surface area contributed by atoms with Crippen molar-refractivity contribution in [1.82, 2.24) is 10.6 Å². The second-order valence-electron chi connectivity index (χ2n) is 26.5. The molecule has 0 aromatic carbocycles. The maximum absolute atomic E-state index is 12.9. The van der Waals surface area contributed by atoms with E-state index in [1.165, 1.54) is 0 Å². The van der Waals surface area contributed by atoms with Crippen LogP contribution in [0.25, 0.3) is 0 Å². The maximum atomic E-state index is 12.9. The van der Waals surface area contributed by atoms with Crippen LogP contribution < -0.4 is 10.6 Å². The summed E-state index contributed by atoms with van der Waals surface area (Å²) in [5.41, 5.74) is 0. The SMILES string of the molecule is CC(=O)N[C@H]1[C@H](O[C@@H]([C@H](O)[C@H](CO)NC(C)=O)[C@H](O)CO)O[C@H](CO)[C@@H](O[C@@H]2O[C@H](CO[C@H]3O[C@H](CO)[C@@H](O)[C@H](O)[C@@H]3O)[C@@H](O)[C@H](O[C@H]3O[C@H](CO[C@H]4O[C@H](CO)[C@@H](O)[C@H](O)[C@@H]4O)[C@@H](O)[C@H](O)[C@@H]3O[C@H]3O[C@H](CO)[C@@H](O)[C@H](O)[C@@H]3O[C@H]3O[C@H](CO)[C@@H](O)[C@H](O)[C@@H]3O[C@H]3O[C@H](CO)[C@@H](O)[C@H](O)[C@@H]3O)[C@@H]2O)[C@@H]1O. The van der Waals surface area contributed by atoms with Crippen molar-refractivity contribution < 1.29 is 228 Å². The molecule has 0 aromatic rings. The van der Waals surface area contributed by atoms with Crippen LogP contribution in [0.15, 0.2) is 0 Å². The Morgan fingerprint density at radius 3 is 1.04 bits per heavy atom. The molecule has 8 aliphatic rings. The molecule has 106 heavy (non-hydrogen) atoms. The molecule has 0 saturated carbocycles. The van der Waals surface area contributed by atoms with Gasteiger partial charge in [0.25, 0.3) is 0 Å². The molecule has 0 unspecified atom stereocenters. The summed E-state index contributed by atoms with van der Waals surface area (Å²) in [6, 6.07) is -3.61. The van der Waals surface area contributed by atoms with Crippen LogP contribution in [0.1, 0.15) is 13.8 Å². The molecule has 8 aliphatic heterocycles. The molecule has 0 radical (unpaired) electrons. The minimum Gasteiger partial charge on any atom is -0.394 e. The Bertz CT molecular complexity index is 2660. The second-order valence-corrected chi connectivity index (χ2v) is 26.5. The third-order valence-electron chi connectivity index (χ3n) is 19.2. The van der Waals surface area contributed by atoms with E-state index in [1.807, 2.05) is 0 Å². The van der Waals surface area contributed by atoms with Crippen LogP contribution in [0.3, 0.4) is 0 Å². The molecule has 8 saturated heterocycles. The average molecular weight is 1560 g/mol. The quantitative estimate of drug-likeness (QED) is 0.0306. The zero-order valence-corrected chi connectivity index (χ0v) is 56.3. The number of hydrogen-bond acceptors (Lipinski definition) is 46. The van der Waals surface area contributed by atoms with E-state index in [1.54, 1.807) is 0 Å². The van der Waals surface area contributed by atoms with Crippen molar-refractivity contribution in [1.29, 1.82) is 0 Å². The molecule has 44 atom stereocenters. The van der Waals surface area contributed by atoms with Crippen molar-refractivity contribution in [2.45, 2.75) is 284 Å². The van der Waals surface area contributed by atoms with Gasteiger partial charge in [0.1, 0.15) is 214 Å². The predicted molar refractivity (Wildman–Crippen MR) is 322 cm³/mol. The highest BCUT2D eigenvalue weighted by Crippen LogP contribution is 2.40. The number of aliphatic hydroxyl groups is 28. The number of aliphatic hydroxyl groups excluding tert-OH is 28. The van der Waals surface area contributed by atoms with Gasteiger partial charge in [-0.3, -0.25) is 9.59 Å². The van der Waals surface area contributed by atoms with Crippen LogP contribution in [0.2, 0.25) is 0 Å². The summed E-state index contributed by atoms with van der Waals surface area (Å²) in [7, 11) is 0. The van der Waals surface area contributed by atoms with Gasteiger partial charge in [0, 0.05) is 13.8 Å². The number of amides is 2. The lowest BCUT2D eigenvalue weighted by atomic mass is 9.94. The van der Waals surface area contributed by atoms with E-state index in [0.29, 0.717) is 0 Å². The fourth-order valence-electron chi connectivity index (χ4n) is 13.1. The lowest BCUT2D eigenvalue weighted by Gasteiger charge is -2.51. The van der Waals surface area contributed by atoms with Crippen LogP contribution in [0.5, 0.6) is 0 Å². The average Bonchev–Trinajstić information content (AvgIpc) is 0.771. The number of ether oxygens (including phenoxy) is 16. The van der Waals surface area contributed by atoms with Gasteiger partial charge in [-0.15, -0.1) is 0 Å². The Balaban J connectivity index is 1.18. The number of carbonyl (C=O) groups excluding carboxylic acids is 2. The van der Waals surface area contributed by atoms with Crippen molar-refractivity contribution in [3.63, 3.8) is 0 Å². The van der Waals surface area contributed by atoms with Crippen molar-refractivity contribution in [3.8, 4) is 0 Å². The molecule has 0 spiro atoms. The van der Waals surface area contributed by atoms with E-state index in [4.69, 9.17) is 75.8 Å². The number of carbonyl (C=O) groups is 2. The summed E-state index contributed by atoms with van der Waals surface area (Å²) >= 11 is 0. The van der Waals surface area contributed by atoms with Crippen LogP contribution in [0, 0.1) is 0 Å². The van der Waals surface area contributed by atoms with Crippen molar-refractivity contribution in [3.05, 3.63) is 0 Å². The molecular weight excluding hydrogens is 1460 g/mol. The Morgan fingerprint density at radius 2 is 0.642 bits per heavy atom. The van der Waals surface area contributed by atoms with Gasteiger partial charge in [-0.05, 0) is 0 Å². The standard InChI is InChI=1S/C58H100N2O46/c1-13(69)59-15(3-61)26(72)45(16(71)4-62)101-51-25(60-14(2)70)34(80)46(22(10-68)98-51)102-55-44(90)47(33(79)24(99-55)12-92-53-42(88)36(82)28(74)18(6-64)94-53)103-58-50(40(86)32(78)23(100-58)11-91-52-41(87)35(81)27(73)17(5-63)93-52)106-57-49(39(85)31(77)21(9-67)97-57)105-56-48(38(84)30(76)20(8-66)96-56)104-54-43(89)37(83)29(75)19(7-65)95-54/h15-58,61-68,71-90H,3-12H2,1-2H3,(H,59,69)(H,60,70)/t15-,16+,17+,18+,19+,20+,21+,22+,23+,24+,25+,26+,27+,28+,29+,30+,31+,32+,33+,34+,35-,36-,37-,38-,39-,40-,41-,42-,43-,44-,45+,46+,47-,48-,49-,50-,51-,52-,53-,54+,55-,56+,57+,58+/m0/s1. The first kappa shape index (κ1) is 88.7. The summed E-state index contributed by atoms with van der Waals surface area (Å²) in [4.78, 5) is 24.9. The van der Waals surface area contributed by atoms with E-state index >= 15 is 0 Å². The Morgan fingerprint density at radius 1 is 0.321 bits per heavy atom. The Kier molecular flexibility index (Phi) is 32.9.